The van der Waals surface area contributed by atoms with E-state index in [4.69, 9.17) is 21.1 Å². The number of esters is 1. The van der Waals surface area contributed by atoms with Crippen LogP contribution in [0.15, 0.2) is 48.5 Å². The molecule has 0 aliphatic rings. The zero-order valence-corrected chi connectivity index (χ0v) is 13.6. The van der Waals surface area contributed by atoms with Gasteiger partial charge in [0.1, 0.15) is 5.75 Å². The third kappa shape index (κ3) is 4.01. The third-order valence-electron chi connectivity index (χ3n) is 3.39. The van der Waals surface area contributed by atoms with Gasteiger partial charge in [-0.05, 0) is 35.7 Å². The van der Waals surface area contributed by atoms with Gasteiger partial charge in [-0.2, -0.15) is 0 Å². The summed E-state index contributed by atoms with van der Waals surface area (Å²) in [7, 11) is 1.34. The van der Waals surface area contributed by atoms with Crippen molar-refractivity contribution in [1.29, 1.82) is 0 Å². The van der Waals surface area contributed by atoms with Crippen molar-refractivity contribution in [2.45, 2.75) is 25.9 Å². The maximum absolute atomic E-state index is 12.0. The van der Waals surface area contributed by atoms with Gasteiger partial charge >= 0.3 is 5.97 Å². The summed E-state index contributed by atoms with van der Waals surface area (Å²) in [5.41, 5.74) is 1.91. The van der Waals surface area contributed by atoms with Crippen molar-refractivity contribution in [1.82, 2.24) is 0 Å². The van der Waals surface area contributed by atoms with E-state index in [1.165, 1.54) is 12.7 Å². The molecule has 0 radical (unpaired) electrons. The van der Waals surface area contributed by atoms with Crippen molar-refractivity contribution in [2.24, 2.45) is 0 Å². The standard InChI is InChI=1S/C18H19ClO3/c1-12(2)13-6-10-16(11-7-13)22-17(18(20)21-3)14-4-8-15(19)9-5-14/h4-12,17H,1-3H3. The van der Waals surface area contributed by atoms with E-state index in [0.29, 0.717) is 22.3 Å². The summed E-state index contributed by atoms with van der Waals surface area (Å²) in [5, 5.41) is 0.605. The average molecular weight is 319 g/mol. The Balaban J connectivity index is 2.23. The lowest BCUT2D eigenvalue weighted by molar-refractivity contribution is -0.149. The molecule has 3 nitrogen and oxygen atoms in total. The molecule has 116 valence electrons. The van der Waals surface area contributed by atoms with Crippen molar-refractivity contribution in [3.63, 3.8) is 0 Å². The molecule has 0 aliphatic heterocycles. The molecule has 22 heavy (non-hydrogen) atoms. The molecule has 0 amide bonds. The lowest BCUT2D eigenvalue weighted by Gasteiger charge is -2.18. The van der Waals surface area contributed by atoms with E-state index in [1.54, 1.807) is 24.3 Å². The second-order valence-corrected chi connectivity index (χ2v) is 5.73. The van der Waals surface area contributed by atoms with Crippen LogP contribution < -0.4 is 4.74 Å². The molecular weight excluding hydrogens is 300 g/mol. The van der Waals surface area contributed by atoms with Crippen molar-refractivity contribution in [3.05, 3.63) is 64.7 Å². The number of hydrogen-bond donors (Lipinski definition) is 0. The molecule has 0 saturated carbocycles. The summed E-state index contributed by atoms with van der Waals surface area (Å²) in [6.45, 7) is 4.25. The Kier molecular flexibility index (Phi) is 5.45. The van der Waals surface area contributed by atoms with E-state index in [-0.39, 0.29) is 0 Å². The minimum Gasteiger partial charge on any atom is -0.474 e. The molecule has 4 heteroatoms. The lowest BCUT2D eigenvalue weighted by Crippen LogP contribution is -2.20. The van der Waals surface area contributed by atoms with E-state index in [1.807, 2.05) is 24.3 Å². The molecule has 0 heterocycles. The highest BCUT2D eigenvalue weighted by Crippen LogP contribution is 2.26. The fourth-order valence-electron chi connectivity index (χ4n) is 2.06. The van der Waals surface area contributed by atoms with Crippen molar-refractivity contribution in [3.8, 4) is 5.75 Å². The van der Waals surface area contributed by atoms with E-state index >= 15 is 0 Å². The van der Waals surface area contributed by atoms with Gasteiger partial charge in [0.15, 0.2) is 0 Å². The zero-order chi connectivity index (χ0) is 16.1. The first-order valence-corrected chi connectivity index (χ1v) is 7.49. The first-order chi connectivity index (χ1) is 10.5. The van der Waals surface area contributed by atoms with Crippen molar-refractivity contribution in [2.75, 3.05) is 7.11 Å². The van der Waals surface area contributed by atoms with Gasteiger partial charge in [-0.25, -0.2) is 4.79 Å². The number of hydrogen-bond acceptors (Lipinski definition) is 3. The molecule has 1 atom stereocenters. The predicted octanol–water partition coefficient (Wildman–Crippen LogP) is 4.76. The van der Waals surface area contributed by atoms with E-state index in [2.05, 4.69) is 13.8 Å². The molecular formula is C18H19ClO3. The maximum Gasteiger partial charge on any atom is 0.351 e. The van der Waals surface area contributed by atoms with Gasteiger partial charge in [0, 0.05) is 10.6 Å². The smallest absolute Gasteiger partial charge is 0.351 e. The van der Waals surface area contributed by atoms with Crippen LogP contribution in [0.25, 0.3) is 0 Å². The van der Waals surface area contributed by atoms with E-state index in [9.17, 15) is 4.79 Å². The number of halogens is 1. The SMILES string of the molecule is COC(=O)C(Oc1ccc(C(C)C)cc1)c1ccc(Cl)cc1. The van der Waals surface area contributed by atoms with E-state index in [0.717, 1.165) is 0 Å². The molecule has 2 aromatic rings. The number of ether oxygens (including phenoxy) is 2. The van der Waals surface area contributed by atoms with Gasteiger partial charge in [-0.15, -0.1) is 0 Å². The largest absolute Gasteiger partial charge is 0.474 e. The molecule has 0 saturated heterocycles. The molecule has 2 aromatic carbocycles. The quantitative estimate of drug-likeness (QED) is 0.746. The van der Waals surface area contributed by atoms with Crippen LogP contribution in [0.5, 0.6) is 5.75 Å². The summed E-state index contributed by atoms with van der Waals surface area (Å²) in [6, 6.07) is 14.7. The fourth-order valence-corrected chi connectivity index (χ4v) is 2.19. The highest BCUT2D eigenvalue weighted by Gasteiger charge is 2.23. The number of methoxy groups -OCH3 is 1. The van der Waals surface area contributed by atoms with Gasteiger partial charge in [-0.1, -0.05) is 49.7 Å². The van der Waals surface area contributed by atoms with Gasteiger partial charge in [0.05, 0.1) is 7.11 Å². The van der Waals surface area contributed by atoms with E-state index < -0.39 is 12.1 Å². The van der Waals surface area contributed by atoms with Gasteiger partial charge in [-0.3, -0.25) is 0 Å². The molecule has 0 bridgehead atoms. The highest BCUT2D eigenvalue weighted by atomic mass is 35.5. The van der Waals surface area contributed by atoms with Crippen molar-refractivity contribution >= 4 is 17.6 Å². The molecule has 0 N–H and O–H groups in total. The Bertz CT molecular complexity index is 618. The van der Waals surface area contributed by atoms with Crippen molar-refractivity contribution < 1.29 is 14.3 Å². The van der Waals surface area contributed by atoms with Crippen LogP contribution in [0.4, 0.5) is 0 Å². The predicted molar refractivity (Wildman–Crippen MR) is 87.4 cm³/mol. The number of rotatable bonds is 5. The van der Waals surface area contributed by atoms with Crippen LogP contribution in [0.3, 0.4) is 0 Å². The molecule has 0 spiro atoms. The number of carbonyl (C=O) groups is 1. The Labute approximate surface area is 135 Å². The van der Waals surface area contributed by atoms with Crippen LogP contribution in [-0.4, -0.2) is 13.1 Å². The molecule has 1 unspecified atom stereocenters. The van der Waals surface area contributed by atoms with Crippen LogP contribution in [0, 0.1) is 0 Å². The summed E-state index contributed by atoms with van der Waals surface area (Å²) >= 11 is 5.88. The Morgan fingerprint density at radius 3 is 2.00 bits per heavy atom. The highest BCUT2D eigenvalue weighted by molar-refractivity contribution is 6.30. The van der Waals surface area contributed by atoms with Gasteiger partial charge in [0.25, 0.3) is 0 Å². The number of benzene rings is 2. The summed E-state index contributed by atoms with van der Waals surface area (Å²) in [5.74, 6) is 0.617. The van der Waals surface area contributed by atoms with Gasteiger partial charge < -0.3 is 9.47 Å². The van der Waals surface area contributed by atoms with Gasteiger partial charge in [0.2, 0.25) is 6.10 Å². The molecule has 0 aromatic heterocycles. The van der Waals surface area contributed by atoms with Crippen LogP contribution >= 0.6 is 11.6 Å². The first kappa shape index (κ1) is 16.4. The molecule has 2 rings (SSSR count). The number of carbonyl (C=O) groups excluding carboxylic acids is 1. The lowest BCUT2D eigenvalue weighted by atomic mass is 10.0. The second-order valence-electron chi connectivity index (χ2n) is 5.30. The first-order valence-electron chi connectivity index (χ1n) is 7.11. The minimum absolute atomic E-state index is 0.446. The zero-order valence-electron chi connectivity index (χ0n) is 12.9. The van der Waals surface area contributed by atoms with Crippen LogP contribution in [0.1, 0.15) is 37.0 Å². The topological polar surface area (TPSA) is 35.5 Å². The monoisotopic (exact) mass is 318 g/mol. The maximum atomic E-state index is 12.0. The summed E-state index contributed by atoms with van der Waals surface area (Å²) in [6.07, 6.45) is -0.813. The third-order valence-corrected chi connectivity index (χ3v) is 3.64. The Hall–Kier alpha value is -2.00. The molecule has 0 fully saturated rings. The average Bonchev–Trinajstić information content (AvgIpc) is 2.53. The summed E-state index contributed by atoms with van der Waals surface area (Å²) < 4.78 is 10.6. The minimum atomic E-state index is -0.813. The Morgan fingerprint density at radius 2 is 1.50 bits per heavy atom. The van der Waals surface area contributed by atoms with Crippen LogP contribution in [-0.2, 0) is 9.53 Å². The van der Waals surface area contributed by atoms with Crippen LogP contribution in [0.2, 0.25) is 5.02 Å². The molecule has 0 aliphatic carbocycles. The fraction of sp³-hybridized carbons (Fsp3) is 0.278. The summed E-state index contributed by atoms with van der Waals surface area (Å²) in [4.78, 5) is 12.0. The second kappa shape index (κ2) is 7.32. The Morgan fingerprint density at radius 1 is 0.955 bits per heavy atom. The normalized spacial score (nSPS) is 12.0.